The fourth-order valence-electron chi connectivity index (χ4n) is 1.01. The molecule has 1 heterocycles. The topological polar surface area (TPSA) is 33.1 Å². The molecule has 0 atom stereocenters. The van der Waals surface area contributed by atoms with Crippen LogP contribution in [0.5, 0.6) is 0 Å². The highest BCUT2D eigenvalue weighted by molar-refractivity contribution is 6.17. The van der Waals surface area contributed by atoms with Gasteiger partial charge in [0.25, 0.3) is 6.43 Å². The van der Waals surface area contributed by atoms with Crippen LogP contribution in [0.25, 0.3) is 0 Å². The van der Waals surface area contributed by atoms with E-state index >= 15 is 0 Å². The Balaban J connectivity index is 3.28. The van der Waals surface area contributed by atoms with Crippen LogP contribution in [0.15, 0.2) is 6.20 Å². The minimum Gasteiger partial charge on any atom is -0.392 e. The van der Waals surface area contributed by atoms with E-state index in [1.165, 1.54) is 0 Å². The third kappa shape index (κ3) is 1.99. The molecule has 6 heteroatoms. The fourth-order valence-corrected chi connectivity index (χ4v) is 1.27. The highest BCUT2D eigenvalue weighted by Crippen LogP contribution is 2.25. The van der Waals surface area contributed by atoms with Gasteiger partial charge < -0.3 is 5.11 Å². The number of alkyl halides is 3. The maximum Gasteiger partial charge on any atom is 0.280 e. The van der Waals surface area contributed by atoms with E-state index in [0.717, 1.165) is 6.20 Å². The average Bonchev–Trinajstić information content (AvgIpc) is 2.17. The molecule has 0 aliphatic rings. The number of pyridine rings is 1. The molecule has 0 saturated heterocycles. The monoisotopic (exact) mass is 225 g/mol. The van der Waals surface area contributed by atoms with Crippen LogP contribution in [0, 0.1) is 5.82 Å². The van der Waals surface area contributed by atoms with Crippen molar-refractivity contribution >= 4 is 11.6 Å². The molecule has 0 radical (unpaired) electrons. The average molecular weight is 226 g/mol. The summed E-state index contributed by atoms with van der Waals surface area (Å²) in [7, 11) is 0. The molecule has 0 aliphatic carbocycles. The lowest BCUT2D eigenvalue weighted by Crippen LogP contribution is -2.04. The molecule has 14 heavy (non-hydrogen) atoms. The van der Waals surface area contributed by atoms with Gasteiger partial charge in [-0.2, -0.15) is 0 Å². The quantitative estimate of drug-likeness (QED) is 0.802. The minimum absolute atomic E-state index is 0.134. The summed E-state index contributed by atoms with van der Waals surface area (Å²) in [5.41, 5.74) is -1.16. The molecule has 1 rings (SSSR count). The molecule has 0 fully saturated rings. The minimum atomic E-state index is -2.87. The van der Waals surface area contributed by atoms with Crippen molar-refractivity contribution in [2.45, 2.75) is 18.9 Å². The molecule has 0 saturated carbocycles. The van der Waals surface area contributed by atoms with Gasteiger partial charge in [-0.05, 0) is 0 Å². The summed E-state index contributed by atoms with van der Waals surface area (Å²) in [6.07, 6.45) is -1.99. The van der Waals surface area contributed by atoms with Gasteiger partial charge in [0, 0.05) is 17.3 Å². The van der Waals surface area contributed by atoms with Crippen molar-refractivity contribution in [2.24, 2.45) is 0 Å². The number of aromatic nitrogens is 1. The van der Waals surface area contributed by atoms with Gasteiger partial charge in [0.05, 0.1) is 12.5 Å². The first-order valence-electron chi connectivity index (χ1n) is 3.73. The van der Waals surface area contributed by atoms with Crippen LogP contribution in [0.1, 0.15) is 23.2 Å². The zero-order valence-corrected chi connectivity index (χ0v) is 7.73. The third-order valence-electron chi connectivity index (χ3n) is 1.73. The van der Waals surface area contributed by atoms with Crippen molar-refractivity contribution in [1.29, 1.82) is 0 Å². The Morgan fingerprint density at radius 1 is 1.50 bits per heavy atom. The molecule has 0 bridgehead atoms. The van der Waals surface area contributed by atoms with Gasteiger partial charge in [-0.15, -0.1) is 11.6 Å². The van der Waals surface area contributed by atoms with Crippen LogP contribution in [0.2, 0.25) is 0 Å². The standard InChI is InChI=1S/C8H7ClF3NO/c9-1-5-6(10)4(3-14)2-13-7(5)8(11)12/h2,8,14H,1,3H2. The molecule has 78 valence electrons. The van der Waals surface area contributed by atoms with Gasteiger partial charge in [-0.3, -0.25) is 4.98 Å². The van der Waals surface area contributed by atoms with E-state index in [0.29, 0.717) is 0 Å². The van der Waals surface area contributed by atoms with E-state index < -0.39 is 30.4 Å². The summed E-state index contributed by atoms with van der Waals surface area (Å²) in [4.78, 5) is 3.35. The van der Waals surface area contributed by atoms with Crippen molar-refractivity contribution in [1.82, 2.24) is 4.98 Å². The Morgan fingerprint density at radius 2 is 2.14 bits per heavy atom. The number of aliphatic hydroxyl groups is 1. The lowest BCUT2D eigenvalue weighted by molar-refractivity contribution is 0.144. The SMILES string of the molecule is OCc1cnc(C(F)F)c(CCl)c1F. The van der Waals surface area contributed by atoms with E-state index in [-0.39, 0.29) is 11.1 Å². The van der Waals surface area contributed by atoms with Crippen LogP contribution in [-0.2, 0) is 12.5 Å². The van der Waals surface area contributed by atoms with Gasteiger partial charge in [0.2, 0.25) is 0 Å². The first kappa shape index (κ1) is 11.3. The Kier molecular flexibility index (Phi) is 3.71. The third-order valence-corrected chi connectivity index (χ3v) is 1.99. The van der Waals surface area contributed by atoms with E-state index in [1.807, 2.05) is 0 Å². The van der Waals surface area contributed by atoms with Crippen molar-refractivity contribution in [3.63, 3.8) is 0 Å². The second-order valence-corrected chi connectivity index (χ2v) is 2.82. The van der Waals surface area contributed by atoms with Crippen LogP contribution in [-0.4, -0.2) is 10.1 Å². The predicted octanol–water partition coefficient (Wildman–Crippen LogP) is 2.39. The molecule has 1 N–H and O–H groups in total. The zero-order chi connectivity index (χ0) is 10.7. The Morgan fingerprint density at radius 3 is 2.57 bits per heavy atom. The molecule has 0 aromatic carbocycles. The molecular formula is C8H7ClF3NO. The van der Waals surface area contributed by atoms with Crippen LogP contribution < -0.4 is 0 Å². The molecule has 0 unspecified atom stereocenters. The van der Waals surface area contributed by atoms with E-state index in [2.05, 4.69) is 4.98 Å². The Hall–Kier alpha value is -0.810. The van der Waals surface area contributed by atoms with Crippen LogP contribution in [0.3, 0.4) is 0 Å². The lowest BCUT2D eigenvalue weighted by atomic mass is 10.1. The molecule has 0 amide bonds. The van der Waals surface area contributed by atoms with Gasteiger partial charge in [0.15, 0.2) is 0 Å². The number of halogens is 4. The fraction of sp³-hybridized carbons (Fsp3) is 0.375. The van der Waals surface area contributed by atoms with Crippen LogP contribution in [0.4, 0.5) is 13.2 Å². The first-order chi connectivity index (χ1) is 6.61. The van der Waals surface area contributed by atoms with E-state index in [1.54, 1.807) is 0 Å². The van der Waals surface area contributed by atoms with Crippen molar-refractivity contribution in [3.8, 4) is 0 Å². The summed E-state index contributed by atoms with van der Waals surface area (Å²) in [5, 5.41) is 8.66. The largest absolute Gasteiger partial charge is 0.392 e. The summed E-state index contributed by atoms with van der Waals surface area (Å²) in [6, 6.07) is 0. The number of hydrogen-bond acceptors (Lipinski definition) is 2. The number of rotatable bonds is 3. The molecule has 0 aliphatic heterocycles. The summed E-state index contributed by atoms with van der Waals surface area (Å²) in [5.74, 6) is -1.31. The summed E-state index contributed by atoms with van der Waals surface area (Å²) < 4.78 is 37.8. The summed E-state index contributed by atoms with van der Waals surface area (Å²) in [6.45, 7) is -0.591. The molecule has 0 spiro atoms. The van der Waals surface area contributed by atoms with Crippen LogP contribution >= 0.6 is 11.6 Å². The Labute approximate surface area is 83.3 Å². The molecule has 1 aromatic rings. The highest BCUT2D eigenvalue weighted by atomic mass is 35.5. The van der Waals surface area contributed by atoms with Gasteiger partial charge >= 0.3 is 0 Å². The molecular weight excluding hydrogens is 219 g/mol. The zero-order valence-electron chi connectivity index (χ0n) is 6.98. The van der Waals surface area contributed by atoms with Gasteiger partial charge in [0.1, 0.15) is 11.5 Å². The number of aliphatic hydroxyl groups excluding tert-OH is 1. The predicted molar refractivity (Wildman–Crippen MR) is 44.6 cm³/mol. The maximum absolute atomic E-state index is 13.3. The molecule has 2 nitrogen and oxygen atoms in total. The maximum atomic E-state index is 13.3. The van der Waals surface area contributed by atoms with E-state index in [4.69, 9.17) is 16.7 Å². The van der Waals surface area contributed by atoms with E-state index in [9.17, 15) is 13.2 Å². The van der Waals surface area contributed by atoms with Crippen molar-refractivity contribution < 1.29 is 18.3 Å². The normalized spacial score (nSPS) is 11.0. The Bertz CT molecular complexity index is 333. The molecule has 1 aromatic heterocycles. The van der Waals surface area contributed by atoms with Crippen molar-refractivity contribution in [3.05, 3.63) is 28.8 Å². The lowest BCUT2D eigenvalue weighted by Gasteiger charge is -2.08. The van der Waals surface area contributed by atoms with Gasteiger partial charge in [-0.25, -0.2) is 13.2 Å². The summed E-state index contributed by atoms with van der Waals surface area (Å²) >= 11 is 5.32. The number of nitrogens with zero attached hydrogens (tertiary/aromatic N) is 1. The highest BCUT2D eigenvalue weighted by Gasteiger charge is 2.19. The second-order valence-electron chi connectivity index (χ2n) is 2.55. The smallest absolute Gasteiger partial charge is 0.280 e. The van der Waals surface area contributed by atoms with Crippen molar-refractivity contribution in [2.75, 3.05) is 0 Å². The number of hydrogen-bond donors (Lipinski definition) is 1. The first-order valence-corrected chi connectivity index (χ1v) is 4.26. The second kappa shape index (κ2) is 4.61. The van der Waals surface area contributed by atoms with Gasteiger partial charge in [-0.1, -0.05) is 0 Å².